The van der Waals surface area contributed by atoms with E-state index in [9.17, 15) is 4.39 Å². The molecule has 0 aliphatic carbocycles. The number of hydrogen-bond acceptors (Lipinski definition) is 3. The summed E-state index contributed by atoms with van der Waals surface area (Å²) in [6.45, 7) is 5.06. The molecule has 0 spiro atoms. The Morgan fingerprint density at radius 1 is 1.42 bits per heavy atom. The third-order valence-electron chi connectivity index (χ3n) is 3.71. The number of benzene rings is 1. The molecule has 1 heterocycles. The maximum absolute atomic E-state index is 13.4. The molecule has 1 aliphatic heterocycles. The van der Waals surface area contributed by atoms with E-state index >= 15 is 0 Å². The molecule has 1 aromatic rings. The van der Waals surface area contributed by atoms with Crippen LogP contribution in [0, 0.1) is 5.82 Å². The molecule has 1 aliphatic rings. The molecule has 0 amide bonds. The third-order valence-corrected chi connectivity index (χ3v) is 3.71. The molecule has 106 valence electrons. The molecule has 0 bridgehead atoms. The van der Waals surface area contributed by atoms with Crippen molar-refractivity contribution < 1.29 is 13.9 Å². The second-order valence-corrected chi connectivity index (χ2v) is 5.12. The highest BCUT2D eigenvalue weighted by molar-refractivity contribution is 5.32. The van der Waals surface area contributed by atoms with Crippen molar-refractivity contribution in [3.8, 4) is 5.75 Å². The summed E-state index contributed by atoms with van der Waals surface area (Å²) in [4.78, 5) is 0. The van der Waals surface area contributed by atoms with Gasteiger partial charge in [0.25, 0.3) is 0 Å². The van der Waals surface area contributed by atoms with Crippen LogP contribution >= 0.6 is 0 Å². The van der Waals surface area contributed by atoms with E-state index in [2.05, 4.69) is 19.2 Å². The normalized spacial score (nSPS) is 22.2. The van der Waals surface area contributed by atoms with Crippen LogP contribution in [0.1, 0.15) is 38.3 Å². The summed E-state index contributed by atoms with van der Waals surface area (Å²) < 4.78 is 24.1. The summed E-state index contributed by atoms with van der Waals surface area (Å²) in [5.74, 6) is -0.0402. The van der Waals surface area contributed by atoms with Crippen LogP contribution in [0.15, 0.2) is 18.2 Å². The highest BCUT2D eigenvalue weighted by Gasteiger charge is 2.23. The molecule has 2 rings (SSSR count). The minimum atomic E-state index is -0.328. The first-order valence-corrected chi connectivity index (χ1v) is 6.83. The summed E-state index contributed by atoms with van der Waals surface area (Å²) in [6, 6.07) is 5.40. The van der Waals surface area contributed by atoms with Crippen LogP contribution in [-0.2, 0) is 4.74 Å². The molecule has 0 radical (unpaired) electrons. The molecule has 4 heteroatoms. The molecule has 3 unspecified atom stereocenters. The van der Waals surface area contributed by atoms with Crippen LogP contribution in [-0.4, -0.2) is 25.9 Å². The van der Waals surface area contributed by atoms with Crippen LogP contribution in [0.3, 0.4) is 0 Å². The lowest BCUT2D eigenvalue weighted by atomic mass is 10.0. The van der Waals surface area contributed by atoms with Crippen LogP contribution < -0.4 is 10.1 Å². The van der Waals surface area contributed by atoms with Gasteiger partial charge in [-0.2, -0.15) is 0 Å². The van der Waals surface area contributed by atoms with Crippen LogP contribution in [0.25, 0.3) is 0 Å². The second-order valence-electron chi connectivity index (χ2n) is 5.12. The van der Waals surface area contributed by atoms with E-state index in [1.165, 1.54) is 13.2 Å². The van der Waals surface area contributed by atoms with Gasteiger partial charge in [0.05, 0.1) is 13.2 Å². The summed E-state index contributed by atoms with van der Waals surface area (Å²) in [5.41, 5.74) is 1.02. The molecule has 1 fully saturated rings. The molecule has 1 saturated heterocycles. The first-order chi connectivity index (χ1) is 9.11. The van der Waals surface area contributed by atoms with E-state index in [1.807, 2.05) is 0 Å². The van der Waals surface area contributed by atoms with Gasteiger partial charge in [0.2, 0.25) is 0 Å². The predicted molar refractivity (Wildman–Crippen MR) is 72.9 cm³/mol. The summed E-state index contributed by atoms with van der Waals surface area (Å²) >= 11 is 0. The van der Waals surface area contributed by atoms with Crippen molar-refractivity contribution >= 4 is 0 Å². The fourth-order valence-electron chi connectivity index (χ4n) is 2.54. The van der Waals surface area contributed by atoms with Gasteiger partial charge in [0, 0.05) is 18.7 Å². The predicted octanol–water partition coefficient (Wildman–Crippen LogP) is 3.05. The van der Waals surface area contributed by atoms with Crippen molar-refractivity contribution in [2.45, 2.75) is 44.9 Å². The first-order valence-electron chi connectivity index (χ1n) is 6.83. The van der Waals surface area contributed by atoms with Crippen molar-refractivity contribution in [2.75, 3.05) is 13.7 Å². The molecule has 3 nitrogen and oxygen atoms in total. The average molecular weight is 267 g/mol. The smallest absolute Gasteiger partial charge is 0.165 e. The minimum absolute atomic E-state index is 0.133. The van der Waals surface area contributed by atoms with Gasteiger partial charge in [-0.1, -0.05) is 6.07 Å². The van der Waals surface area contributed by atoms with E-state index in [-0.39, 0.29) is 29.8 Å². The van der Waals surface area contributed by atoms with Crippen LogP contribution in [0.2, 0.25) is 0 Å². The molecular weight excluding hydrogens is 245 g/mol. The third kappa shape index (κ3) is 3.45. The van der Waals surface area contributed by atoms with Gasteiger partial charge in [0.1, 0.15) is 0 Å². The Kier molecular flexibility index (Phi) is 4.77. The number of methoxy groups -OCH3 is 1. The van der Waals surface area contributed by atoms with Crippen LogP contribution in [0.5, 0.6) is 5.75 Å². The quantitative estimate of drug-likeness (QED) is 0.889. The SMILES string of the molecule is COc1cc(C(C)NC(C)C2CCCO2)ccc1F. The fourth-order valence-corrected chi connectivity index (χ4v) is 2.54. The van der Waals surface area contributed by atoms with E-state index in [1.54, 1.807) is 12.1 Å². The van der Waals surface area contributed by atoms with Gasteiger partial charge in [0.15, 0.2) is 11.6 Å². The highest BCUT2D eigenvalue weighted by atomic mass is 19.1. The zero-order chi connectivity index (χ0) is 13.8. The Morgan fingerprint density at radius 3 is 2.84 bits per heavy atom. The van der Waals surface area contributed by atoms with Crippen molar-refractivity contribution in [1.82, 2.24) is 5.32 Å². The van der Waals surface area contributed by atoms with Gasteiger partial charge >= 0.3 is 0 Å². The molecule has 1 N–H and O–H groups in total. The van der Waals surface area contributed by atoms with Crippen LogP contribution in [0.4, 0.5) is 4.39 Å². The number of ether oxygens (including phenoxy) is 2. The highest BCUT2D eigenvalue weighted by Crippen LogP contribution is 2.24. The Hall–Kier alpha value is -1.13. The lowest BCUT2D eigenvalue weighted by molar-refractivity contribution is 0.0804. The number of halogens is 1. The maximum Gasteiger partial charge on any atom is 0.165 e. The second kappa shape index (κ2) is 6.35. The minimum Gasteiger partial charge on any atom is -0.494 e. The lowest BCUT2D eigenvalue weighted by Gasteiger charge is -2.25. The number of rotatable bonds is 5. The summed E-state index contributed by atoms with van der Waals surface area (Å²) in [6.07, 6.45) is 2.52. The largest absolute Gasteiger partial charge is 0.494 e. The van der Waals surface area contributed by atoms with Crippen molar-refractivity contribution in [1.29, 1.82) is 0 Å². The molecule has 0 aromatic heterocycles. The monoisotopic (exact) mass is 267 g/mol. The van der Waals surface area contributed by atoms with Gasteiger partial charge in [-0.15, -0.1) is 0 Å². The van der Waals surface area contributed by atoms with Crippen molar-refractivity contribution in [2.24, 2.45) is 0 Å². The number of nitrogens with one attached hydrogen (secondary N) is 1. The number of hydrogen-bond donors (Lipinski definition) is 1. The zero-order valence-corrected chi connectivity index (χ0v) is 11.8. The van der Waals surface area contributed by atoms with E-state index in [4.69, 9.17) is 9.47 Å². The molecular formula is C15H22FNO2. The molecule has 0 saturated carbocycles. The van der Waals surface area contributed by atoms with Gasteiger partial charge in [-0.3, -0.25) is 0 Å². The Balaban J connectivity index is 2.00. The maximum atomic E-state index is 13.4. The van der Waals surface area contributed by atoms with Crippen molar-refractivity contribution in [3.05, 3.63) is 29.6 Å². The topological polar surface area (TPSA) is 30.5 Å². The standard InChI is InChI=1S/C15H22FNO2/c1-10(17-11(2)14-5-4-8-19-14)12-6-7-13(16)15(9-12)18-3/h6-7,9-11,14,17H,4-5,8H2,1-3H3. The van der Waals surface area contributed by atoms with Gasteiger partial charge in [-0.25, -0.2) is 4.39 Å². The van der Waals surface area contributed by atoms with E-state index in [0.29, 0.717) is 0 Å². The average Bonchev–Trinajstić information content (AvgIpc) is 2.93. The summed E-state index contributed by atoms with van der Waals surface area (Å²) in [5, 5.41) is 3.51. The first kappa shape index (κ1) is 14.3. The Morgan fingerprint density at radius 2 is 2.21 bits per heavy atom. The lowest BCUT2D eigenvalue weighted by Crippen LogP contribution is -2.38. The molecule has 3 atom stereocenters. The zero-order valence-electron chi connectivity index (χ0n) is 11.8. The Labute approximate surface area is 114 Å². The fraction of sp³-hybridized carbons (Fsp3) is 0.600. The molecule has 1 aromatic carbocycles. The van der Waals surface area contributed by atoms with Crippen molar-refractivity contribution in [3.63, 3.8) is 0 Å². The molecule has 19 heavy (non-hydrogen) atoms. The van der Waals surface area contributed by atoms with E-state index in [0.717, 1.165) is 25.0 Å². The summed E-state index contributed by atoms with van der Waals surface area (Å²) in [7, 11) is 1.48. The Bertz CT molecular complexity index is 419. The van der Waals surface area contributed by atoms with Gasteiger partial charge in [-0.05, 0) is 44.4 Å². The van der Waals surface area contributed by atoms with Gasteiger partial charge < -0.3 is 14.8 Å². The van der Waals surface area contributed by atoms with E-state index < -0.39 is 0 Å².